The van der Waals surface area contributed by atoms with E-state index in [9.17, 15) is 4.79 Å². The molecule has 1 aliphatic rings. The number of piperidine rings is 1. The number of hydrogen-bond acceptors (Lipinski definition) is 5. The molecule has 0 unspecified atom stereocenters. The monoisotopic (exact) mass is 429 g/mol. The van der Waals surface area contributed by atoms with Crippen molar-refractivity contribution in [3.63, 3.8) is 0 Å². The zero-order valence-corrected chi connectivity index (χ0v) is 16.3. The van der Waals surface area contributed by atoms with Crippen LogP contribution in [-0.2, 0) is 11.3 Å². The van der Waals surface area contributed by atoms with Crippen LogP contribution in [0.15, 0.2) is 28.9 Å². The highest BCUT2D eigenvalue weighted by Gasteiger charge is 2.19. The third-order valence-electron chi connectivity index (χ3n) is 4.08. The lowest BCUT2D eigenvalue weighted by atomic mass is 10.1. The minimum atomic E-state index is -0.273. The molecule has 25 heavy (non-hydrogen) atoms. The van der Waals surface area contributed by atoms with Crippen LogP contribution in [0.4, 0.5) is 5.69 Å². The summed E-state index contributed by atoms with van der Waals surface area (Å²) in [5.41, 5.74) is 1.91. The molecular weight excluding hydrogens is 410 g/mol. The number of carbonyl (C=O) groups excluding carboxylic acids is 1. The van der Waals surface area contributed by atoms with Gasteiger partial charge in [-0.15, -0.1) is 17.5 Å². The smallest absolute Gasteiger partial charge is 0.277 e. The molecule has 0 atom stereocenters. The third kappa shape index (κ3) is 4.78. The van der Waals surface area contributed by atoms with Crippen LogP contribution in [0.25, 0.3) is 0 Å². The molecule has 1 amide bonds. The van der Waals surface area contributed by atoms with Crippen LogP contribution in [0.2, 0.25) is 0 Å². The summed E-state index contributed by atoms with van der Waals surface area (Å²) >= 11 is 3.48. The first-order chi connectivity index (χ1) is 11.7. The molecule has 1 aromatic heterocycles. The fraction of sp³-hybridized carbons (Fsp3) is 0.438. The SMILES string of the molecule is COCc1c(Br)cccc1NC(=O)c1cn(C2CCNCC2)nn1.Cl. The van der Waals surface area contributed by atoms with Gasteiger partial charge in [-0.3, -0.25) is 4.79 Å². The molecule has 0 radical (unpaired) electrons. The molecule has 3 rings (SSSR count). The van der Waals surface area contributed by atoms with Crippen LogP contribution in [0.1, 0.15) is 34.9 Å². The van der Waals surface area contributed by atoms with Gasteiger partial charge in [-0.05, 0) is 38.1 Å². The summed E-state index contributed by atoms with van der Waals surface area (Å²) in [5, 5.41) is 14.4. The summed E-state index contributed by atoms with van der Waals surface area (Å²) in [4.78, 5) is 12.5. The van der Waals surface area contributed by atoms with Crippen LogP contribution in [0, 0.1) is 0 Å². The highest BCUT2D eigenvalue weighted by Crippen LogP contribution is 2.26. The second-order valence-electron chi connectivity index (χ2n) is 5.72. The molecule has 2 heterocycles. The van der Waals surface area contributed by atoms with Crippen molar-refractivity contribution in [2.45, 2.75) is 25.5 Å². The Balaban J connectivity index is 0.00000225. The summed E-state index contributed by atoms with van der Waals surface area (Å²) in [5.74, 6) is -0.273. The Morgan fingerprint density at radius 3 is 2.92 bits per heavy atom. The van der Waals surface area contributed by atoms with E-state index in [1.54, 1.807) is 18.0 Å². The summed E-state index contributed by atoms with van der Waals surface area (Å²) in [6.45, 7) is 2.33. The first-order valence-electron chi connectivity index (χ1n) is 7.89. The van der Waals surface area contributed by atoms with Gasteiger partial charge in [-0.1, -0.05) is 27.2 Å². The van der Waals surface area contributed by atoms with Crippen LogP contribution < -0.4 is 10.6 Å². The van der Waals surface area contributed by atoms with E-state index < -0.39 is 0 Å². The van der Waals surface area contributed by atoms with Crippen LogP contribution in [0.3, 0.4) is 0 Å². The number of hydrogen-bond donors (Lipinski definition) is 2. The summed E-state index contributed by atoms with van der Waals surface area (Å²) < 4.78 is 7.89. The Kier molecular flexibility index (Phi) is 7.37. The maximum absolute atomic E-state index is 12.5. The van der Waals surface area contributed by atoms with E-state index in [2.05, 4.69) is 36.9 Å². The van der Waals surface area contributed by atoms with Gasteiger partial charge >= 0.3 is 0 Å². The zero-order valence-electron chi connectivity index (χ0n) is 13.9. The second-order valence-corrected chi connectivity index (χ2v) is 6.57. The number of anilines is 1. The number of benzene rings is 1. The minimum Gasteiger partial charge on any atom is -0.380 e. The van der Waals surface area contributed by atoms with Crippen molar-refractivity contribution < 1.29 is 9.53 Å². The number of carbonyl (C=O) groups is 1. The molecule has 1 aliphatic heterocycles. The topological polar surface area (TPSA) is 81.1 Å². The standard InChI is InChI=1S/C16H20BrN5O2.ClH/c1-24-10-12-13(17)3-2-4-14(12)19-16(23)15-9-22(21-20-15)11-5-7-18-8-6-11;/h2-4,9,11,18H,5-8,10H2,1H3,(H,19,23);1H. The fourth-order valence-corrected chi connectivity index (χ4v) is 3.26. The van der Waals surface area contributed by atoms with Crippen molar-refractivity contribution in [1.82, 2.24) is 20.3 Å². The van der Waals surface area contributed by atoms with Gasteiger partial charge in [-0.2, -0.15) is 0 Å². The minimum absolute atomic E-state index is 0. The molecule has 136 valence electrons. The Hall–Kier alpha value is -1.48. The quantitative estimate of drug-likeness (QED) is 0.762. The predicted octanol–water partition coefficient (Wildman–Crippen LogP) is 2.79. The largest absolute Gasteiger partial charge is 0.380 e. The second kappa shape index (κ2) is 9.28. The molecule has 1 fully saturated rings. The van der Waals surface area contributed by atoms with E-state index in [-0.39, 0.29) is 18.3 Å². The molecule has 2 aromatic rings. The average molecular weight is 431 g/mol. The molecule has 0 aliphatic carbocycles. The Morgan fingerprint density at radius 2 is 2.20 bits per heavy atom. The van der Waals surface area contributed by atoms with E-state index in [0.29, 0.717) is 24.0 Å². The summed E-state index contributed by atoms with van der Waals surface area (Å²) in [6.07, 6.45) is 3.71. The highest BCUT2D eigenvalue weighted by atomic mass is 79.9. The Labute approximate surface area is 161 Å². The number of aromatic nitrogens is 3. The lowest BCUT2D eigenvalue weighted by molar-refractivity contribution is 0.102. The predicted molar refractivity (Wildman–Crippen MR) is 101 cm³/mol. The maximum atomic E-state index is 12.5. The first-order valence-corrected chi connectivity index (χ1v) is 8.68. The van der Waals surface area contributed by atoms with E-state index in [0.717, 1.165) is 36.0 Å². The van der Waals surface area contributed by atoms with Crippen molar-refractivity contribution in [2.24, 2.45) is 0 Å². The van der Waals surface area contributed by atoms with Gasteiger partial charge in [-0.25, -0.2) is 4.68 Å². The number of nitrogens with one attached hydrogen (secondary N) is 2. The van der Waals surface area contributed by atoms with Gasteiger partial charge in [0.15, 0.2) is 5.69 Å². The summed E-state index contributed by atoms with van der Waals surface area (Å²) in [7, 11) is 1.62. The third-order valence-corrected chi connectivity index (χ3v) is 4.82. The number of halogens is 2. The number of nitrogens with zero attached hydrogens (tertiary/aromatic N) is 3. The van der Waals surface area contributed by atoms with Gasteiger partial charge < -0.3 is 15.4 Å². The van der Waals surface area contributed by atoms with Crippen LogP contribution >= 0.6 is 28.3 Å². The van der Waals surface area contributed by atoms with Crippen LogP contribution in [0.5, 0.6) is 0 Å². The maximum Gasteiger partial charge on any atom is 0.277 e. The van der Waals surface area contributed by atoms with Crippen LogP contribution in [-0.4, -0.2) is 41.1 Å². The molecule has 0 spiro atoms. The van der Waals surface area contributed by atoms with Gasteiger partial charge in [0.1, 0.15) is 0 Å². The number of amides is 1. The Morgan fingerprint density at radius 1 is 1.44 bits per heavy atom. The normalized spacial score (nSPS) is 14.8. The van der Waals surface area contributed by atoms with Crippen molar-refractivity contribution in [3.05, 3.63) is 40.1 Å². The van der Waals surface area contributed by atoms with Gasteiger partial charge in [0.05, 0.1) is 18.8 Å². The van der Waals surface area contributed by atoms with Gasteiger partial charge in [0.25, 0.3) is 5.91 Å². The number of ether oxygens (including phenoxy) is 1. The van der Waals surface area contributed by atoms with E-state index in [4.69, 9.17) is 4.74 Å². The highest BCUT2D eigenvalue weighted by molar-refractivity contribution is 9.10. The molecule has 9 heteroatoms. The molecule has 2 N–H and O–H groups in total. The lowest BCUT2D eigenvalue weighted by Crippen LogP contribution is -2.29. The lowest BCUT2D eigenvalue weighted by Gasteiger charge is -2.22. The molecule has 0 saturated carbocycles. The van der Waals surface area contributed by atoms with E-state index in [1.165, 1.54) is 0 Å². The number of rotatable bonds is 5. The molecular formula is C16H21BrClN5O2. The summed E-state index contributed by atoms with van der Waals surface area (Å²) in [6, 6.07) is 5.92. The van der Waals surface area contributed by atoms with Gasteiger partial charge in [0, 0.05) is 22.8 Å². The van der Waals surface area contributed by atoms with Crippen molar-refractivity contribution in [3.8, 4) is 0 Å². The average Bonchev–Trinajstić information content (AvgIpc) is 3.09. The fourth-order valence-electron chi connectivity index (χ4n) is 2.78. The van der Waals surface area contributed by atoms with E-state index in [1.807, 2.05) is 18.2 Å². The van der Waals surface area contributed by atoms with Crippen molar-refractivity contribution in [2.75, 3.05) is 25.5 Å². The van der Waals surface area contributed by atoms with E-state index >= 15 is 0 Å². The van der Waals surface area contributed by atoms with Crippen molar-refractivity contribution in [1.29, 1.82) is 0 Å². The molecule has 1 saturated heterocycles. The molecule has 1 aromatic carbocycles. The molecule has 0 bridgehead atoms. The molecule has 7 nitrogen and oxygen atoms in total. The first kappa shape index (κ1) is 19.8. The van der Waals surface area contributed by atoms with Gasteiger partial charge in [0.2, 0.25) is 0 Å². The Bertz CT molecular complexity index is 718. The van der Waals surface area contributed by atoms with Crippen molar-refractivity contribution >= 4 is 39.9 Å². The number of methoxy groups -OCH3 is 1. The zero-order chi connectivity index (χ0) is 16.9.